The minimum absolute atomic E-state index is 0.130. The number of benzene rings is 1. The van der Waals surface area contributed by atoms with Crippen LogP contribution in [0.25, 0.3) is 0 Å². The predicted octanol–water partition coefficient (Wildman–Crippen LogP) is 0.708. The minimum Gasteiger partial charge on any atom is -0.478 e. The summed E-state index contributed by atoms with van der Waals surface area (Å²) in [6.07, 6.45) is 1.57. The molecular weight excluding hydrogens is 234 g/mol. The third-order valence-electron chi connectivity index (χ3n) is 2.40. The van der Waals surface area contributed by atoms with Gasteiger partial charge in [-0.05, 0) is 12.1 Å². The first-order valence-corrected chi connectivity index (χ1v) is 5.28. The summed E-state index contributed by atoms with van der Waals surface area (Å²) in [7, 11) is 1.76. The number of carboxylic acid groups (broad SMARTS) is 1. The molecule has 2 rings (SSSR count). The third kappa shape index (κ3) is 2.40. The monoisotopic (exact) mass is 247 g/mol. The van der Waals surface area contributed by atoms with Crippen molar-refractivity contribution in [3.05, 3.63) is 35.9 Å². The molecule has 1 heterocycles. The van der Waals surface area contributed by atoms with Crippen LogP contribution in [0, 0.1) is 0 Å². The summed E-state index contributed by atoms with van der Waals surface area (Å²) in [6.45, 7) is 0.315. The highest BCUT2D eigenvalue weighted by molar-refractivity contribution is 5.97. The topological polar surface area (TPSA) is 106 Å². The van der Waals surface area contributed by atoms with Crippen molar-refractivity contribution >= 4 is 17.3 Å². The number of hydrogen-bond donors (Lipinski definition) is 3. The number of nitrogens with one attached hydrogen (secondary N) is 1. The molecule has 0 aliphatic heterocycles. The Kier molecular flexibility index (Phi) is 3.13. The molecule has 0 saturated heterocycles. The number of nitrogens with zero attached hydrogens (tertiary/aromatic N) is 3. The van der Waals surface area contributed by atoms with E-state index in [1.54, 1.807) is 30.2 Å². The maximum Gasteiger partial charge on any atom is 0.337 e. The van der Waals surface area contributed by atoms with E-state index in [2.05, 4.69) is 15.4 Å². The zero-order valence-corrected chi connectivity index (χ0v) is 9.79. The van der Waals surface area contributed by atoms with Crippen molar-refractivity contribution in [1.29, 1.82) is 0 Å². The molecule has 1 aromatic heterocycles. The van der Waals surface area contributed by atoms with E-state index in [4.69, 9.17) is 10.8 Å². The number of rotatable bonds is 4. The Morgan fingerprint density at radius 1 is 1.56 bits per heavy atom. The van der Waals surface area contributed by atoms with Gasteiger partial charge in [-0.25, -0.2) is 9.78 Å². The van der Waals surface area contributed by atoms with E-state index >= 15 is 0 Å². The molecule has 7 heteroatoms. The number of para-hydroxylation sites is 1. The lowest BCUT2D eigenvalue weighted by molar-refractivity contribution is 0.0698. The van der Waals surface area contributed by atoms with Crippen molar-refractivity contribution in [2.24, 2.45) is 7.05 Å². The highest BCUT2D eigenvalue weighted by atomic mass is 16.4. The van der Waals surface area contributed by atoms with Gasteiger partial charge in [0.05, 0.1) is 23.5 Å². The zero-order chi connectivity index (χ0) is 13.1. The molecule has 1 aromatic carbocycles. The maximum absolute atomic E-state index is 11.1. The van der Waals surface area contributed by atoms with E-state index in [0.717, 1.165) is 0 Å². The Bertz CT molecular complexity index is 579. The predicted molar refractivity (Wildman–Crippen MR) is 66.1 cm³/mol. The minimum atomic E-state index is -1.03. The van der Waals surface area contributed by atoms with Crippen LogP contribution >= 0.6 is 0 Å². The molecule has 0 saturated carbocycles. The van der Waals surface area contributed by atoms with Gasteiger partial charge in [-0.3, -0.25) is 4.68 Å². The fraction of sp³-hybridized carbons (Fsp3) is 0.182. The summed E-state index contributed by atoms with van der Waals surface area (Å²) in [4.78, 5) is 15.1. The van der Waals surface area contributed by atoms with Crippen LogP contribution in [0.4, 0.5) is 11.4 Å². The Labute approximate surface area is 103 Å². The fourth-order valence-electron chi connectivity index (χ4n) is 1.58. The van der Waals surface area contributed by atoms with Crippen LogP contribution in [-0.4, -0.2) is 25.8 Å². The molecule has 18 heavy (non-hydrogen) atoms. The molecule has 2 aromatic rings. The van der Waals surface area contributed by atoms with Gasteiger partial charge in [-0.15, -0.1) is 0 Å². The highest BCUT2D eigenvalue weighted by Crippen LogP contribution is 2.23. The largest absolute Gasteiger partial charge is 0.478 e. The third-order valence-corrected chi connectivity index (χ3v) is 2.40. The molecule has 0 amide bonds. The van der Waals surface area contributed by atoms with Gasteiger partial charge in [-0.1, -0.05) is 6.07 Å². The maximum atomic E-state index is 11.1. The summed E-state index contributed by atoms with van der Waals surface area (Å²) in [5, 5.41) is 16.1. The average Bonchev–Trinajstić information content (AvgIpc) is 2.73. The Balaban J connectivity index is 2.20. The molecule has 0 aliphatic rings. The second kappa shape index (κ2) is 4.74. The first kappa shape index (κ1) is 11.9. The van der Waals surface area contributed by atoms with Crippen molar-refractivity contribution in [1.82, 2.24) is 14.8 Å². The van der Waals surface area contributed by atoms with Gasteiger partial charge in [0.15, 0.2) is 5.82 Å². The quantitative estimate of drug-likeness (QED) is 0.687. The van der Waals surface area contributed by atoms with Crippen LogP contribution in [0.1, 0.15) is 16.2 Å². The van der Waals surface area contributed by atoms with E-state index in [1.165, 1.54) is 6.07 Å². The molecule has 4 N–H and O–H groups in total. The first-order valence-electron chi connectivity index (χ1n) is 5.28. The van der Waals surface area contributed by atoms with E-state index in [0.29, 0.717) is 23.7 Å². The molecule has 0 spiro atoms. The van der Waals surface area contributed by atoms with E-state index < -0.39 is 5.97 Å². The summed E-state index contributed by atoms with van der Waals surface area (Å²) in [5.74, 6) is -0.462. The smallest absolute Gasteiger partial charge is 0.337 e. The van der Waals surface area contributed by atoms with Crippen LogP contribution in [0.2, 0.25) is 0 Å². The molecule has 0 bridgehead atoms. The van der Waals surface area contributed by atoms with Crippen LogP contribution < -0.4 is 11.1 Å². The summed E-state index contributed by atoms with van der Waals surface area (Å²) in [5.41, 5.74) is 6.65. The number of aryl methyl sites for hydroxylation is 1. The standard InChI is InChI=1S/C11H13N5O2/c1-16-6-14-9(15-16)5-13-10-7(11(17)18)3-2-4-8(10)12/h2-4,6,13H,5,12H2,1H3,(H,17,18). The average molecular weight is 247 g/mol. The van der Waals surface area contributed by atoms with Crippen molar-refractivity contribution in [3.63, 3.8) is 0 Å². The number of carbonyl (C=O) groups is 1. The van der Waals surface area contributed by atoms with Gasteiger partial charge in [0.25, 0.3) is 0 Å². The van der Waals surface area contributed by atoms with Crippen molar-refractivity contribution < 1.29 is 9.90 Å². The van der Waals surface area contributed by atoms with Crippen molar-refractivity contribution in [3.8, 4) is 0 Å². The van der Waals surface area contributed by atoms with Gasteiger partial charge in [-0.2, -0.15) is 5.10 Å². The molecule has 0 aliphatic carbocycles. The lowest BCUT2D eigenvalue weighted by atomic mass is 10.1. The molecule has 0 radical (unpaired) electrons. The Morgan fingerprint density at radius 3 is 2.94 bits per heavy atom. The van der Waals surface area contributed by atoms with Gasteiger partial charge < -0.3 is 16.2 Å². The normalized spacial score (nSPS) is 10.3. The number of nitrogens with two attached hydrogens (primary N) is 1. The van der Waals surface area contributed by atoms with Gasteiger partial charge in [0.1, 0.15) is 6.33 Å². The number of aromatic carboxylic acids is 1. The SMILES string of the molecule is Cn1cnc(CNc2c(N)cccc2C(=O)O)n1. The number of nitrogen functional groups attached to an aromatic ring is 1. The van der Waals surface area contributed by atoms with Crippen LogP contribution in [0.3, 0.4) is 0 Å². The number of hydrogen-bond acceptors (Lipinski definition) is 5. The molecule has 0 unspecified atom stereocenters. The fourth-order valence-corrected chi connectivity index (χ4v) is 1.58. The van der Waals surface area contributed by atoms with Crippen molar-refractivity contribution in [2.45, 2.75) is 6.54 Å². The van der Waals surface area contributed by atoms with Gasteiger partial charge >= 0.3 is 5.97 Å². The number of aromatic nitrogens is 3. The summed E-state index contributed by atoms with van der Waals surface area (Å²) >= 11 is 0. The first-order chi connectivity index (χ1) is 8.58. The zero-order valence-electron chi connectivity index (χ0n) is 9.79. The lowest BCUT2D eigenvalue weighted by Gasteiger charge is -2.10. The van der Waals surface area contributed by atoms with Crippen LogP contribution in [0.5, 0.6) is 0 Å². The molecule has 7 nitrogen and oxygen atoms in total. The van der Waals surface area contributed by atoms with Gasteiger partial charge in [0, 0.05) is 7.05 Å². The van der Waals surface area contributed by atoms with E-state index in [-0.39, 0.29) is 5.56 Å². The number of carboxylic acids is 1. The van der Waals surface area contributed by atoms with E-state index in [1.807, 2.05) is 0 Å². The lowest BCUT2D eigenvalue weighted by Crippen LogP contribution is -2.10. The van der Waals surface area contributed by atoms with Crippen LogP contribution in [0.15, 0.2) is 24.5 Å². The molecule has 0 fully saturated rings. The Hall–Kier alpha value is -2.57. The van der Waals surface area contributed by atoms with Crippen molar-refractivity contribution in [2.75, 3.05) is 11.1 Å². The summed E-state index contributed by atoms with van der Waals surface area (Å²) in [6, 6.07) is 4.73. The molecule has 94 valence electrons. The second-order valence-corrected chi connectivity index (χ2v) is 3.76. The van der Waals surface area contributed by atoms with Gasteiger partial charge in [0.2, 0.25) is 0 Å². The second-order valence-electron chi connectivity index (χ2n) is 3.76. The molecule has 0 atom stereocenters. The van der Waals surface area contributed by atoms with Crippen LogP contribution in [-0.2, 0) is 13.6 Å². The highest BCUT2D eigenvalue weighted by Gasteiger charge is 2.12. The Morgan fingerprint density at radius 2 is 2.33 bits per heavy atom. The molecular formula is C11H13N5O2. The summed E-state index contributed by atoms with van der Waals surface area (Å²) < 4.78 is 1.57. The number of anilines is 2. The van der Waals surface area contributed by atoms with E-state index in [9.17, 15) is 4.79 Å².